The Hall–Kier alpha value is -1.02. The van der Waals surface area contributed by atoms with Gasteiger partial charge in [0.25, 0.3) is 0 Å². The van der Waals surface area contributed by atoms with Crippen LogP contribution in [0.5, 0.6) is 0 Å². The maximum Gasteiger partial charge on any atom is 0.226 e. The molecule has 1 rings (SSSR count). The Kier molecular flexibility index (Phi) is 4.63. The average Bonchev–Trinajstić information content (AvgIpc) is 2.25. The number of alkyl halides is 1. The van der Waals surface area contributed by atoms with E-state index in [4.69, 9.17) is 11.6 Å². The number of amides is 1. The molecule has 0 aliphatic heterocycles. The fraction of sp³-hybridized carbons (Fsp3) is 0.417. The Labute approximate surface area is 95.8 Å². The highest BCUT2D eigenvalue weighted by molar-refractivity contribution is 6.18. The van der Waals surface area contributed by atoms with Crippen LogP contribution in [-0.2, 0) is 4.79 Å². The maximum atomic E-state index is 11.7. The second-order valence-corrected chi connectivity index (χ2v) is 3.91. The molecular formula is C12H16ClNO. The van der Waals surface area contributed by atoms with Crippen molar-refractivity contribution in [2.75, 3.05) is 17.8 Å². The van der Waals surface area contributed by atoms with E-state index < -0.39 is 0 Å². The van der Waals surface area contributed by atoms with Crippen molar-refractivity contribution in [3.63, 3.8) is 0 Å². The number of carbonyl (C=O) groups excluding carboxylic acids is 1. The first-order chi connectivity index (χ1) is 7.16. The predicted molar refractivity (Wildman–Crippen MR) is 64.5 cm³/mol. The van der Waals surface area contributed by atoms with Crippen molar-refractivity contribution in [1.82, 2.24) is 0 Å². The number of halogens is 1. The molecule has 0 spiro atoms. The van der Waals surface area contributed by atoms with Gasteiger partial charge in [0.15, 0.2) is 0 Å². The van der Waals surface area contributed by atoms with Crippen molar-refractivity contribution in [2.45, 2.75) is 19.8 Å². The minimum Gasteiger partial charge on any atom is -0.315 e. The minimum absolute atomic E-state index is 0.116. The van der Waals surface area contributed by atoms with Gasteiger partial charge in [-0.2, -0.15) is 0 Å². The molecule has 0 aliphatic carbocycles. The van der Waals surface area contributed by atoms with Crippen LogP contribution in [0.4, 0.5) is 5.69 Å². The molecule has 0 saturated heterocycles. The molecule has 0 N–H and O–H groups in total. The minimum atomic E-state index is 0.116. The molecule has 0 aliphatic rings. The lowest BCUT2D eigenvalue weighted by Gasteiger charge is -2.19. The van der Waals surface area contributed by atoms with Crippen molar-refractivity contribution in [3.05, 3.63) is 29.8 Å². The first kappa shape index (κ1) is 12.1. The monoisotopic (exact) mass is 225 g/mol. The molecule has 2 nitrogen and oxygen atoms in total. The third-order valence-electron chi connectivity index (χ3n) is 2.38. The van der Waals surface area contributed by atoms with Gasteiger partial charge in [-0.25, -0.2) is 0 Å². The third kappa shape index (κ3) is 3.24. The summed E-state index contributed by atoms with van der Waals surface area (Å²) in [5.41, 5.74) is 2.08. The molecule has 3 heteroatoms. The summed E-state index contributed by atoms with van der Waals surface area (Å²) >= 11 is 5.56. The maximum absolute atomic E-state index is 11.7. The van der Waals surface area contributed by atoms with Gasteiger partial charge < -0.3 is 4.90 Å². The van der Waals surface area contributed by atoms with E-state index in [1.54, 1.807) is 11.9 Å². The number of anilines is 1. The van der Waals surface area contributed by atoms with E-state index >= 15 is 0 Å². The van der Waals surface area contributed by atoms with Crippen molar-refractivity contribution < 1.29 is 4.79 Å². The van der Waals surface area contributed by atoms with Crippen LogP contribution in [0, 0.1) is 6.92 Å². The van der Waals surface area contributed by atoms with Crippen LogP contribution in [0.15, 0.2) is 24.3 Å². The van der Waals surface area contributed by atoms with Gasteiger partial charge >= 0.3 is 0 Å². The van der Waals surface area contributed by atoms with Gasteiger partial charge in [0.05, 0.1) is 0 Å². The van der Waals surface area contributed by atoms with Crippen LogP contribution in [0.25, 0.3) is 0 Å². The van der Waals surface area contributed by atoms with Crippen molar-refractivity contribution >= 4 is 23.2 Å². The Morgan fingerprint density at radius 3 is 2.67 bits per heavy atom. The lowest BCUT2D eigenvalue weighted by atomic mass is 10.2. The smallest absolute Gasteiger partial charge is 0.226 e. The number of nitrogens with zero attached hydrogens (tertiary/aromatic N) is 1. The number of aryl methyl sites for hydroxylation is 1. The van der Waals surface area contributed by atoms with E-state index in [-0.39, 0.29) is 5.91 Å². The molecule has 0 bridgehead atoms. The molecule has 1 aromatic carbocycles. The molecule has 82 valence electrons. The highest BCUT2D eigenvalue weighted by Crippen LogP contribution is 2.18. The lowest BCUT2D eigenvalue weighted by molar-refractivity contribution is -0.118. The highest BCUT2D eigenvalue weighted by atomic mass is 35.5. The summed E-state index contributed by atoms with van der Waals surface area (Å²) in [6.45, 7) is 2.00. The van der Waals surface area contributed by atoms with Gasteiger partial charge in [-0.15, -0.1) is 11.6 Å². The van der Waals surface area contributed by atoms with Gasteiger partial charge in [0.1, 0.15) is 0 Å². The van der Waals surface area contributed by atoms with Crippen LogP contribution >= 0.6 is 11.6 Å². The van der Waals surface area contributed by atoms with Crippen molar-refractivity contribution in [1.29, 1.82) is 0 Å². The molecular weight excluding hydrogens is 210 g/mol. The molecule has 0 saturated carbocycles. The molecule has 0 aromatic heterocycles. The summed E-state index contributed by atoms with van der Waals surface area (Å²) in [5, 5.41) is 0. The quantitative estimate of drug-likeness (QED) is 0.722. The summed E-state index contributed by atoms with van der Waals surface area (Å²) in [6.07, 6.45) is 1.24. The Bertz CT molecular complexity index is 338. The zero-order valence-electron chi connectivity index (χ0n) is 9.16. The largest absolute Gasteiger partial charge is 0.315 e. The number of carbonyl (C=O) groups is 1. The van der Waals surface area contributed by atoms with Crippen LogP contribution in [0.3, 0.4) is 0 Å². The molecule has 0 heterocycles. The second kappa shape index (κ2) is 5.76. The highest BCUT2D eigenvalue weighted by Gasteiger charge is 2.11. The third-order valence-corrected chi connectivity index (χ3v) is 2.64. The summed E-state index contributed by atoms with van der Waals surface area (Å²) in [4.78, 5) is 13.4. The zero-order chi connectivity index (χ0) is 11.3. The molecule has 0 atom stereocenters. The lowest BCUT2D eigenvalue weighted by Crippen LogP contribution is -2.26. The number of benzene rings is 1. The van der Waals surface area contributed by atoms with Gasteiger partial charge in [0.2, 0.25) is 5.91 Å². The standard InChI is InChI=1S/C12H16ClNO/c1-10-6-3-4-7-11(10)14(2)12(15)8-5-9-13/h3-4,6-7H,5,8-9H2,1-2H3. The summed E-state index contributed by atoms with van der Waals surface area (Å²) in [7, 11) is 1.80. The van der Waals surface area contributed by atoms with E-state index in [2.05, 4.69) is 0 Å². The zero-order valence-corrected chi connectivity index (χ0v) is 9.92. The summed E-state index contributed by atoms with van der Waals surface area (Å²) in [5.74, 6) is 0.651. The number of para-hydroxylation sites is 1. The summed E-state index contributed by atoms with van der Waals surface area (Å²) in [6, 6.07) is 7.86. The van der Waals surface area contributed by atoms with Crippen LogP contribution < -0.4 is 4.90 Å². The molecule has 0 fully saturated rings. The SMILES string of the molecule is Cc1ccccc1N(C)C(=O)CCCCl. The Morgan fingerprint density at radius 1 is 1.40 bits per heavy atom. The number of hydrogen-bond donors (Lipinski definition) is 0. The Balaban J connectivity index is 2.72. The van der Waals surface area contributed by atoms with E-state index in [9.17, 15) is 4.79 Å². The van der Waals surface area contributed by atoms with Gasteiger partial charge in [-0.05, 0) is 25.0 Å². The fourth-order valence-electron chi connectivity index (χ4n) is 1.46. The first-order valence-corrected chi connectivity index (χ1v) is 5.58. The Morgan fingerprint density at radius 2 is 2.07 bits per heavy atom. The van der Waals surface area contributed by atoms with Gasteiger partial charge in [-0.3, -0.25) is 4.79 Å². The van der Waals surface area contributed by atoms with E-state index in [0.29, 0.717) is 12.3 Å². The van der Waals surface area contributed by atoms with E-state index in [0.717, 1.165) is 17.7 Å². The molecule has 0 radical (unpaired) electrons. The van der Waals surface area contributed by atoms with E-state index in [1.807, 2.05) is 31.2 Å². The normalized spacial score (nSPS) is 10.1. The van der Waals surface area contributed by atoms with Gasteiger partial charge in [0, 0.05) is 25.0 Å². The van der Waals surface area contributed by atoms with E-state index in [1.165, 1.54) is 0 Å². The first-order valence-electron chi connectivity index (χ1n) is 5.05. The molecule has 0 unspecified atom stereocenters. The van der Waals surface area contributed by atoms with Gasteiger partial charge in [-0.1, -0.05) is 18.2 Å². The fourth-order valence-corrected chi connectivity index (χ4v) is 1.59. The topological polar surface area (TPSA) is 20.3 Å². The second-order valence-electron chi connectivity index (χ2n) is 3.53. The van der Waals surface area contributed by atoms with Crippen molar-refractivity contribution in [3.8, 4) is 0 Å². The van der Waals surface area contributed by atoms with Crippen molar-refractivity contribution in [2.24, 2.45) is 0 Å². The molecule has 1 aromatic rings. The number of hydrogen-bond acceptors (Lipinski definition) is 1. The summed E-state index contributed by atoms with van der Waals surface area (Å²) < 4.78 is 0. The molecule has 15 heavy (non-hydrogen) atoms. The molecule has 1 amide bonds. The number of rotatable bonds is 4. The average molecular weight is 226 g/mol. The van der Waals surface area contributed by atoms with Crippen LogP contribution in [-0.4, -0.2) is 18.8 Å². The van der Waals surface area contributed by atoms with Crippen LogP contribution in [0.2, 0.25) is 0 Å². The predicted octanol–water partition coefficient (Wildman–Crippen LogP) is 2.98. The van der Waals surface area contributed by atoms with Crippen LogP contribution in [0.1, 0.15) is 18.4 Å².